The summed E-state index contributed by atoms with van der Waals surface area (Å²) >= 11 is 0. The second-order valence-electron chi connectivity index (χ2n) is 6.59. The van der Waals surface area contributed by atoms with Crippen molar-refractivity contribution in [3.63, 3.8) is 0 Å². The van der Waals surface area contributed by atoms with Gasteiger partial charge in [0.1, 0.15) is 11.5 Å². The lowest BCUT2D eigenvalue weighted by atomic mass is 9.90. The maximum absolute atomic E-state index is 12.7. The van der Waals surface area contributed by atoms with E-state index in [1.54, 1.807) is 12.1 Å². The predicted molar refractivity (Wildman–Crippen MR) is 91.6 cm³/mol. The zero-order valence-electron chi connectivity index (χ0n) is 14.2. The Hall–Kier alpha value is -1.89. The number of hydrogen-bond acceptors (Lipinski definition) is 4. The molecule has 4 nitrogen and oxygen atoms in total. The Kier molecular flexibility index (Phi) is 4.86. The molecule has 2 atom stereocenters. The average molecular weight is 369 g/mol. The topological polar surface area (TPSA) is 50.5 Å². The third kappa shape index (κ3) is 3.56. The van der Waals surface area contributed by atoms with Crippen LogP contribution in [0.2, 0.25) is 0 Å². The maximum Gasteiger partial charge on any atom is 0.341 e. The Labute approximate surface area is 146 Å². The number of hydrogen-bond donors (Lipinski definition) is 0. The first-order chi connectivity index (χ1) is 11.8. The van der Waals surface area contributed by atoms with Gasteiger partial charge in [-0.05, 0) is 62.1 Å². The van der Waals surface area contributed by atoms with E-state index in [1.807, 2.05) is 19.1 Å². The highest BCUT2D eigenvalue weighted by Gasteiger charge is 2.31. The first kappa shape index (κ1) is 17.9. The maximum atomic E-state index is 12.7. The fraction of sp³-hybridized carbons (Fsp3) is 0.444. The van der Waals surface area contributed by atoms with Crippen LogP contribution in [0.25, 0.3) is 0 Å². The van der Waals surface area contributed by atoms with Crippen molar-refractivity contribution in [2.24, 2.45) is 5.92 Å². The third-order valence-corrected chi connectivity index (χ3v) is 6.08. The van der Waals surface area contributed by atoms with Crippen LogP contribution in [0.5, 0.6) is 0 Å². The van der Waals surface area contributed by atoms with Gasteiger partial charge in [-0.3, -0.25) is 0 Å². The van der Waals surface area contributed by atoms with Gasteiger partial charge >= 0.3 is 5.76 Å². The molecule has 0 amide bonds. The molecule has 3 rings (SSSR count). The molecule has 0 radical (unpaired) electrons. The van der Waals surface area contributed by atoms with E-state index >= 15 is 0 Å². The van der Waals surface area contributed by atoms with Crippen molar-refractivity contribution >= 4 is 15.5 Å². The van der Waals surface area contributed by atoms with E-state index in [4.69, 9.17) is 4.42 Å². The monoisotopic (exact) mass is 369 g/mol. The van der Waals surface area contributed by atoms with E-state index in [0.29, 0.717) is 5.92 Å². The molecule has 1 aromatic carbocycles. The molecule has 0 N–H and O–H groups in total. The molecule has 136 valence electrons. The summed E-state index contributed by atoms with van der Waals surface area (Å²) < 4.78 is 54.3. The summed E-state index contributed by atoms with van der Waals surface area (Å²) in [6.45, 7) is 4.88. The number of aryl methyl sites for hydroxylation is 1. The van der Waals surface area contributed by atoms with Crippen LogP contribution in [0.1, 0.15) is 37.3 Å². The average Bonchev–Trinajstić information content (AvgIpc) is 3.01. The van der Waals surface area contributed by atoms with Crippen molar-refractivity contribution in [1.82, 2.24) is 0 Å². The van der Waals surface area contributed by atoms with Gasteiger partial charge in [0.05, 0.1) is 10.9 Å². The quantitative estimate of drug-likeness (QED) is 0.793. The number of piperidine rings is 1. The van der Waals surface area contributed by atoms with Gasteiger partial charge in [-0.15, -0.1) is 0 Å². The molecule has 2 aromatic rings. The Bertz CT molecular complexity index is 830. The minimum absolute atomic E-state index is 0.0509. The summed E-state index contributed by atoms with van der Waals surface area (Å²) in [6.07, 6.45) is 1.93. The van der Waals surface area contributed by atoms with E-state index in [0.717, 1.165) is 36.6 Å². The molecule has 2 heterocycles. The van der Waals surface area contributed by atoms with Crippen LogP contribution in [-0.4, -0.2) is 20.7 Å². The number of sulfone groups is 1. The van der Waals surface area contributed by atoms with Crippen molar-refractivity contribution in [2.45, 2.75) is 43.4 Å². The van der Waals surface area contributed by atoms with Gasteiger partial charge in [0, 0.05) is 12.2 Å². The van der Waals surface area contributed by atoms with Crippen LogP contribution in [-0.2, 0) is 9.84 Å². The van der Waals surface area contributed by atoms with E-state index < -0.39 is 15.6 Å². The van der Waals surface area contributed by atoms with Crippen molar-refractivity contribution in [1.29, 1.82) is 0 Å². The van der Waals surface area contributed by atoms with Crippen LogP contribution >= 0.6 is 0 Å². The molecule has 25 heavy (non-hydrogen) atoms. The first-order valence-corrected chi connectivity index (χ1v) is 9.79. The second kappa shape index (κ2) is 6.78. The van der Waals surface area contributed by atoms with E-state index in [-0.39, 0.29) is 10.9 Å². The molecular formula is C18H21F2NO3S. The van der Waals surface area contributed by atoms with Crippen LogP contribution < -0.4 is 4.90 Å². The SMILES string of the molecule is Cc1ccc(C2CC(C)CCN2c2ccc(S(=O)(=O)C(F)F)cc2)o1. The van der Waals surface area contributed by atoms with Crippen LogP contribution in [0.4, 0.5) is 14.5 Å². The number of benzene rings is 1. The number of alkyl halides is 2. The highest BCUT2D eigenvalue weighted by molar-refractivity contribution is 7.91. The molecule has 2 unspecified atom stereocenters. The Morgan fingerprint density at radius 2 is 1.84 bits per heavy atom. The summed E-state index contributed by atoms with van der Waals surface area (Å²) in [6, 6.07) is 9.61. The Morgan fingerprint density at radius 3 is 2.40 bits per heavy atom. The van der Waals surface area contributed by atoms with E-state index in [9.17, 15) is 17.2 Å². The molecule has 1 aliphatic rings. The van der Waals surface area contributed by atoms with Crippen molar-refractivity contribution in [3.05, 3.63) is 47.9 Å². The number of nitrogens with zero attached hydrogens (tertiary/aromatic N) is 1. The highest BCUT2D eigenvalue weighted by Crippen LogP contribution is 2.38. The molecule has 0 bridgehead atoms. The molecule has 1 saturated heterocycles. The van der Waals surface area contributed by atoms with Gasteiger partial charge in [-0.1, -0.05) is 6.92 Å². The zero-order chi connectivity index (χ0) is 18.2. The standard InChI is InChI=1S/C18H21F2NO3S/c1-12-9-10-21(16(11-12)17-8-3-13(2)24-17)14-4-6-15(7-5-14)25(22,23)18(19)20/h3-8,12,16,18H,9-11H2,1-2H3. The molecule has 1 fully saturated rings. The van der Waals surface area contributed by atoms with Gasteiger partial charge in [-0.2, -0.15) is 8.78 Å². The van der Waals surface area contributed by atoms with Crippen LogP contribution in [0.3, 0.4) is 0 Å². The predicted octanol–water partition coefficient (Wildman–Crippen LogP) is 4.56. The van der Waals surface area contributed by atoms with Gasteiger partial charge in [-0.25, -0.2) is 8.42 Å². The zero-order valence-corrected chi connectivity index (χ0v) is 15.0. The van der Waals surface area contributed by atoms with Gasteiger partial charge in [0.15, 0.2) is 0 Å². The van der Waals surface area contributed by atoms with E-state index in [2.05, 4.69) is 11.8 Å². The summed E-state index contributed by atoms with van der Waals surface area (Å²) in [7, 11) is -4.57. The summed E-state index contributed by atoms with van der Waals surface area (Å²) in [4.78, 5) is 1.79. The Balaban J connectivity index is 1.91. The largest absolute Gasteiger partial charge is 0.464 e. The number of halogens is 2. The minimum atomic E-state index is -4.57. The van der Waals surface area contributed by atoms with Crippen LogP contribution in [0.15, 0.2) is 45.7 Å². The van der Waals surface area contributed by atoms with Crippen LogP contribution in [0, 0.1) is 12.8 Å². The lowest BCUT2D eigenvalue weighted by Gasteiger charge is -2.39. The molecule has 1 aliphatic heterocycles. The van der Waals surface area contributed by atoms with Crippen molar-refractivity contribution in [3.8, 4) is 0 Å². The molecule has 7 heteroatoms. The summed E-state index contributed by atoms with van der Waals surface area (Å²) in [5.74, 6) is -1.15. The molecule has 1 aromatic heterocycles. The molecular weight excluding hydrogens is 348 g/mol. The van der Waals surface area contributed by atoms with E-state index in [1.165, 1.54) is 12.1 Å². The minimum Gasteiger partial charge on any atom is -0.464 e. The van der Waals surface area contributed by atoms with Crippen molar-refractivity contribution < 1.29 is 21.6 Å². The fourth-order valence-corrected chi connectivity index (χ4v) is 4.00. The summed E-state index contributed by atoms with van der Waals surface area (Å²) in [5, 5.41) is 0. The van der Waals surface area contributed by atoms with Gasteiger partial charge < -0.3 is 9.32 Å². The first-order valence-electron chi connectivity index (χ1n) is 8.24. The third-order valence-electron chi connectivity index (χ3n) is 4.69. The molecule has 0 saturated carbocycles. The normalized spacial score (nSPS) is 21.7. The lowest BCUT2D eigenvalue weighted by Crippen LogP contribution is -2.36. The Morgan fingerprint density at radius 1 is 1.16 bits per heavy atom. The fourth-order valence-electron chi connectivity index (χ4n) is 3.28. The number of anilines is 1. The number of furan rings is 1. The number of rotatable bonds is 4. The van der Waals surface area contributed by atoms with Gasteiger partial charge in [0.25, 0.3) is 0 Å². The molecule has 0 spiro atoms. The summed E-state index contributed by atoms with van der Waals surface area (Å²) in [5.41, 5.74) is 0.805. The van der Waals surface area contributed by atoms with Gasteiger partial charge in [0.2, 0.25) is 9.84 Å². The smallest absolute Gasteiger partial charge is 0.341 e. The molecule has 0 aliphatic carbocycles. The highest BCUT2D eigenvalue weighted by atomic mass is 32.2. The lowest BCUT2D eigenvalue weighted by molar-refractivity contribution is 0.234. The second-order valence-corrected chi connectivity index (χ2v) is 8.50. The van der Waals surface area contributed by atoms with Crippen molar-refractivity contribution in [2.75, 3.05) is 11.4 Å².